The van der Waals surface area contributed by atoms with Crippen molar-refractivity contribution in [2.45, 2.75) is 39.0 Å². The van der Waals surface area contributed by atoms with Gasteiger partial charge in [0.05, 0.1) is 12.5 Å². The van der Waals surface area contributed by atoms with Crippen LogP contribution in [0, 0.1) is 11.8 Å². The lowest BCUT2D eigenvalue weighted by Crippen LogP contribution is -2.14. The first-order valence-electron chi connectivity index (χ1n) is 9.19. The van der Waals surface area contributed by atoms with Crippen molar-refractivity contribution in [3.8, 4) is 16.9 Å². The van der Waals surface area contributed by atoms with Gasteiger partial charge in [-0.2, -0.15) is 0 Å². The smallest absolute Gasteiger partial charge is 0.310 e. The summed E-state index contributed by atoms with van der Waals surface area (Å²) in [5, 5.41) is 10.4. The Bertz CT molecular complexity index is 763. The van der Waals surface area contributed by atoms with Crippen molar-refractivity contribution in [1.82, 2.24) is 0 Å². The fourth-order valence-electron chi connectivity index (χ4n) is 3.09. The van der Waals surface area contributed by atoms with Crippen LogP contribution < -0.4 is 4.74 Å². The average molecular weight is 373 g/mol. The Hall–Kier alpha value is -2.00. The van der Waals surface area contributed by atoms with E-state index < -0.39 is 11.9 Å². The molecule has 1 atom stereocenters. The number of hydrogen-bond acceptors (Lipinski definition) is 2. The average Bonchev–Trinajstić information content (AvgIpc) is 3.42. The highest BCUT2D eigenvalue weighted by molar-refractivity contribution is 6.30. The highest BCUT2D eigenvalue weighted by atomic mass is 35.5. The molecule has 1 aliphatic rings. The van der Waals surface area contributed by atoms with Crippen LogP contribution in [0.4, 0.5) is 0 Å². The molecule has 4 heteroatoms. The molecule has 2 aromatic rings. The summed E-state index contributed by atoms with van der Waals surface area (Å²) in [6.45, 7) is 4.81. The van der Waals surface area contributed by atoms with E-state index in [9.17, 15) is 9.90 Å². The van der Waals surface area contributed by atoms with Crippen LogP contribution in [-0.2, 0) is 4.79 Å². The normalized spacial score (nSPS) is 15.1. The van der Waals surface area contributed by atoms with Crippen LogP contribution in [0.1, 0.15) is 44.6 Å². The van der Waals surface area contributed by atoms with Gasteiger partial charge in [-0.1, -0.05) is 43.6 Å². The van der Waals surface area contributed by atoms with Gasteiger partial charge in [0.15, 0.2) is 0 Å². The van der Waals surface area contributed by atoms with Crippen molar-refractivity contribution < 1.29 is 14.6 Å². The lowest BCUT2D eigenvalue weighted by molar-refractivity contribution is -0.139. The van der Waals surface area contributed by atoms with E-state index in [0.717, 1.165) is 22.4 Å². The summed E-state index contributed by atoms with van der Waals surface area (Å²) in [7, 11) is 0. The summed E-state index contributed by atoms with van der Waals surface area (Å²) < 4.78 is 6.04. The summed E-state index contributed by atoms with van der Waals surface area (Å²) in [6.07, 6.45) is 3.06. The van der Waals surface area contributed by atoms with Crippen LogP contribution in [0.2, 0.25) is 5.02 Å². The first kappa shape index (κ1) is 18.8. The number of rotatable bonds is 8. The molecule has 0 saturated heterocycles. The van der Waals surface area contributed by atoms with Crippen LogP contribution >= 0.6 is 11.6 Å². The quantitative estimate of drug-likeness (QED) is 0.617. The second-order valence-electron chi connectivity index (χ2n) is 7.54. The molecule has 0 aromatic heterocycles. The van der Waals surface area contributed by atoms with Crippen molar-refractivity contribution in [2.75, 3.05) is 6.61 Å². The minimum absolute atomic E-state index is 0.306. The molecule has 1 aliphatic carbocycles. The third kappa shape index (κ3) is 4.79. The van der Waals surface area contributed by atoms with E-state index >= 15 is 0 Å². The molecule has 2 aromatic carbocycles. The molecule has 1 unspecified atom stereocenters. The molecule has 1 fully saturated rings. The molecule has 3 rings (SSSR count). The first-order chi connectivity index (χ1) is 12.4. The minimum Gasteiger partial charge on any atom is -0.493 e. The summed E-state index contributed by atoms with van der Waals surface area (Å²) in [6, 6.07) is 13.4. The Balaban J connectivity index is 1.97. The highest BCUT2D eigenvalue weighted by Gasteiger charge is 2.25. The van der Waals surface area contributed by atoms with Gasteiger partial charge < -0.3 is 9.84 Å². The van der Waals surface area contributed by atoms with Gasteiger partial charge in [-0.25, -0.2) is 0 Å². The fourth-order valence-corrected chi connectivity index (χ4v) is 3.21. The number of ether oxygens (including phenoxy) is 1. The molecule has 1 saturated carbocycles. The zero-order valence-corrected chi connectivity index (χ0v) is 16.0. The van der Waals surface area contributed by atoms with Crippen LogP contribution in [0.15, 0.2) is 42.5 Å². The molecule has 0 bridgehead atoms. The maximum atomic E-state index is 11.8. The van der Waals surface area contributed by atoms with Gasteiger partial charge in [-0.15, -0.1) is 0 Å². The number of carboxylic acid groups (broad SMARTS) is 1. The number of benzene rings is 2. The largest absolute Gasteiger partial charge is 0.493 e. The second-order valence-corrected chi connectivity index (χ2v) is 7.97. The molecule has 0 amide bonds. The predicted molar refractivity (Wildman–Crippen MR) is 105 cm³/mol. The van der Waals surface area contributed by atoms with Gasteiger partial charge in [-0.3, -0.25) is 4.79 Å². The second kappa shape index (κ2) is 8.13. The van der Waals surface area contributed by atoms with E-state index in [2.05, 4.69) is 0 Å². The van der Waals surface area contributed by atoms with Gasteiger partial charge >= 0.3 is 5.97 Å². The Morgan fingerprint density at radius 2 is 1.88 bits per heavy atom. The minimum atomic E-state index is -0.785. The number of carbonyl (C=O) groups is 1. The molecular formula is C22H25ClO3. The summed E-state index contributed by atoms with van der Waals surface area (Å²) in [5.74, 6) is 0.462. The molecule has 3 nitrogen and oxygen atoms in total. The molecule has 138 valence electrons. The van der Waals surface area contributed by atoms with Crippen LogP contribution in [0.3, 0.4) is 0 Å². The van der Waals surface area contributed by atoms with Crippen LogP contribution in [-0.4, -0.2) is 17.7 Å². The van der Waals surface area contributed by atoms with E-state index in [1.54, 1.807) is 0 Å². The highest BCUT2D eigenvalue weighted by Crippen LogP contribution is 2.37. The molecular weight excluding hydrogens is 348 g/mol. The number of carboxylic acids is 1. The third-order valence-electron chi connectivity index (χ3n) is 4.74. The zero-order valence-electron chi connectivity index (χ0n) is 15.2. The number of halogens is 1. The monoisotopic (exact) mass is 372 g/mol. The Morgan fingerprint density at radius 3 is 2.46 bits per heavy atom. The van der Waals surface area contributed by atoms with Crippen molar-refractivity contribution in [3.63, 3.8) is 0 Å². The summed E-state index contributed by atoms with van der Waals surface area (Å²) in [4.78, 5) is 11.8. The Labute approximate surface area is 160 Å². The van der Waals surface area contributed by atoms with E-state index in [4.69, 9.17) is 16.3 Å². The van der Waals surface area contributed by atoms with E-state index in [0.29, 0.717) is 29.9 Å². The number of aliphatic carboxylic acids is 1. The predicted octanol–water partition coefficient (Wildman–Crippen LogP) is 6.01. The van der Waals surface area contributed by atoms with Crippen LogP contribution in [0.25, 0.3) is 11.1 Å². The van der Waals surface area contributed by atoms with Gasteiger partial charge in [0.25, 0.3) is 0 Å². The summed E-state index contributed by atoms with van der Waals surface area (Å²) >= 11 is 6.02. The number of hydrogen-bond donors (Lipinski definition) is 1. The third-order valence-corrected chi connectivity index (χ3v) is 4.99. The van der Waals surface area contributed by atoms with Crippen molar-refractivity contribution in [1.29, 1.82) is 0 Å². The fraction of sp³-hybridized carbons (Fsp3) is 0.409. The van der Waals surface area contributed by atoms with Gasteiger partial charge in [0, 0.05) is 10.6 Å². The molecule has 0 radical (unpaired) electrons. The van der Waals surface area contributed by atoms with Gasteiger partial charge in [0.1, 0.15) is 5.75 Å². The Kier molecular flexibility index (Phi) is 5.87. The standard InChI is InChI=1S/C22H25ClO3/c1-14(2)11-20(22(24)25)17-7-10-21(26-13-15-3-4-15)19(12-17)16-5-8-18(23)9-6-16/h5-10,12,14-15,20H,3-4,11,13H2,1-2H3,(H,24,25). The molecule has 26 heavy (non-hydrogen) atoms. The van der Waals surface area contributed by atoms with Gasteiger partial charge in [-0.05, 0) is 66.5 Å². The molecule has 0 heterocycles. The molecule has 0 aliphatic heterocycles. The first-order valence-corrected chi connectivity index (χ1v) is 9.57. The maximum Gasteiger partial charge on any atom is 0.310 e. The topological polar surface area (TPSA) is 46.5 Å². The Morgan fingerprint density at radius 1 is 1.19 bits per heavy atom. The lowest BCUT2D eigenvalue weighted by Gasteiger charge is -2.18. The van der Waals surface area contributed by atoms with E-state index in [-0.39, 0.29) is 0 Å². The lowest BCUT2D eigenvalue weighted by atomic mass is 9.88. The van der Waals surface area contributed by atoms with Crippen molar-refractivity contribution in [2.24, 2.45) is 11.8 Å². The van der Waals surface area contributed by atoms with E-state index in [1.807, 2.05) is 56.3 Å². The van der Waals surface area contributed by atoms with Crippen LogP contribution in [0.5, 0.6) is 5.75 Å². The SMILES string of the molecule is CC(C)CC(C(=O)O)c1ccc(OCC2CC2)c(-c2ccc(Cl)cc2)c1. The molecule has 0 spiro atoms. The van der Waals surface area contributed by atoms with Gasteiger partial charge in [0.2, 0.25) is 0 Å². The van der Waals surface area contributed by atoms with E-state index in [1.165, 1.54) is 12.8 Å². The van der Waals surface area contributed by atoms with Crippen molar-refractivity contribution in [3.05, 3.63) is 53.1 Å². The maximum absolute atomic E-state index is 11.8. The summed E-state index contributed by atoms with van der Waals surface area (Å²) in [5.41, 5.74) is 2.72. The zero-order chi connectivity index (χ0) is 18.7. The molecule has 1 N–H and O–H groups in total. The van der Waals surface area contributed by atoms with Crippen molar-refractivity contribution >= 4 is 17.6 Å².